The van der Waals surface area contributed by atoms with Crippen LogP contribution in [0, 0.1) is 0 Å². The molecule has 2 saturated heterocycles. The first kappa shape index (κ1) is 17.9. The Morgan fingerprint density at radius 2 is 1.45 bits per heavy atom. The number of hydrogen-bond acceptors (Lipinski definition) is 10. The Balaban J connectivity index is 2.06. The summed E-state index contributed by atoms with van der Waals surface area (Å²) in [7, 11) is 0. The number of aliphatic hydroxyl groups is 7. The normalized spacial score (nSPS) is 50.0. The van der Waals surface area contributed by atoms with Crippen LogP contribution in [-0.4, -0.2) is 104 Å². The maximum Gasteiger partial charge on any atom is 0.184 e. The first-order chi connectivity index (χ1) is 10.4. The van der Waals surface area contributed by atoms with Gasteiger partial charge >= 0.3 is 0 Å². The van der Waals surface area contributed by atoms with E-state index in [1.165, 1.54) is 0 Å². The summed E-state index contributed by atoms with van der Waals surface area (Å²) in [5, 5.41) is 66.7. The standard InChI is InChI=1S/C12H22O10/c13-2-6-4(15)1-5(16)12(21-6)22-10-7(3-14)20-11(19)9(18)8(10)17/h4-19H,1-3H2/t4-,5-,6?,7?,8-,9?,10+,11-,12-/m0/s1. The Labute approximate surface area is 126 Å². The van der Waals surface area contributed by atoms with E-state index >= 15 is 0 Å². The highest BCUT2D eigenvalue weighted by Gasteiger charge is 2.47. The van der Waals surface area contributed by atoms with Crippen LogP contribution in [0.1, 0.15) is 6.42 Å². The Morgan fingerprint density at radius 1 is 0.818 bits per heavy atom. The van der Waals surface area contributed by atoms with Crippen LogP contribution in [0.5, 0.6) is 0 Å². The molecule has 0 radical (unpaired) electrons. The smallest absolute Gasteiger partial charge is 0.184 e. The maximum atomic E-state index is 9.94. The van der Waals surface area contributed by atoms with E-state index in [9.17, 15) is 30.6 Å². The SMILES string of the molecule is OCC1O[C@H](O)C(O)[C@H](O)[C@@H]1O[C@@H]1OC(CO)[C@@H](O)C[C@@H]1O. The van der Waals surface area contributed by atoms with E-state index in [0.717, 1.165) is 0 Å². The summed E-state index contributed by atoms with van der Waals surface area (Å²) in [6.45, 7) is -1.11. The molecule has 3 unspecified atom stereocenters. The first-order valence-electron chi connectivity index (χ1n) is 6.97. The quantitative estimate of drug-likeness (QED) is 0.268. The Morgan fingerprint density at radius 3 is 2.05 bits per heavy atom. The van der Waals surface area contributed by atoms with Gasteiger partial charge in [-0.3, -0.25) is 0 Å². The van der Waals surface area contributed by atoms with Crippen molar-refractivity contribution in [2.45, 2.75) is 61.7 Å². The second-order valence-electron chi connectivity index (χ2n) is 5.43. The summed E-state index contributed by atoms with van der Waals surface area (Å²) in [6, 6.07) is 0. The molecule has 0 aromatic heterocycles. The van der Waals surface area contributed by atoms with Gasteiger partial charge < -0.3 is 50.0 Å². The predicted molar refractivity (Wildman–Crippen MR) is 67.2 cm³/mol. The van der Waals surface area contributed by atoms with E-state index in [1.54, 1.807) is 0 Å². The highest BCUT2D eigenvalue weighted by Crippen LogP contribution is 2.28. The molecule has 2 aliphatic heterocycles. The lowest BCUT2D eigenvalue weighted by Crippen LogP contribution is -2.62. The summed E-state index contributed by atoms with van der Waals surface area (Å²) in [5.74, 6) is 0. The molecule has 2 heterocycles. The van der Waals surface area contributed by atoms with Gasteiger partial charge in [0.1, 0.15) is 36.6 Å². The van der Waals surface area contributed by atoms with E-state index in [-0.39, 0.29) is 6.42 Å². The van der Waals surface area contributed by atoms with Crippen LogP contribution in [0.25, 0.3) is 0 Å². The lowest BCUT2D eigenvalue weighted by Gasteiger charge is -2.44. The minimum absolute atomic E-state index is 0.117. The molecule has 2 rings (SSSR count). The van der Waals surface area contributed by atoms with Crippen molar-refractivity contribution in [1.29, 1.82) is 0 Å². The molecule has 0 aromatic rings. The van der Waals surface area contributed by atoms with Crippen molar-refractivity contribution in [3.63, 3.8) is 0 Å². The molecule has 0 saturated carbocycles. The van der Waals surface area contributed by atoms with Gasteiger partial charge in [-0.05, 0) is 0 Å². The van der Waals surface area contributed by atoms with Crippen molar-refractivity contribution in [3.05, 3.63) is 0 Å². The van der Waals surface area contributed by atoms with E-state index in [0.29, 0.717) is 0 Å². The Hall–Kier alpha value is -0.400. The molecule has 2 aliphatic rings. The molecule has 0 aromatic carbocycles. The van der Waals surface area contributed by atoms with Crippen LogP contribution < -0.4 is 0 Å². The highest BCUT2D eigenvalue weighted by atomic mass is 16.7. The second kappa shape index (κ2) is 7.45. The summed E-state index contributed by atoms with van der Waals surface area (Å²) in [5.41, 5.74) is 0. The van der Waals surface area contributed by atoms with Gasteiger partial charge in [-0.15, -0.1) is 0 Å². The van der Waals surface area contributed by atoms with Crippen LogP contribution in [0.4, 0.5) is 0 Å². The van der Waals surface area contributed by atoms with Crippen LogP contribution in [0.2, 0.25) is 0 Å². The molecule has 0 spiro atoms. The average Bonchev–Trinajstić information content (AvgIpc) is 2.49. The predicted octanol–water partition coefficient (Wildman–Crippen LogP) is -4.37. The van der Waals surface area contributed by atoms with Gasteiger partial charge in [0.05, 0.1) is 19.3 Å². The van der Waals surface area contributed by atoms with Gasteiger partial charge in [0.25, 0.3) is 0 Å². The van der Waals surface area contributed by atoms with Gasteiger partial charge in [0.15, 0.2) is 12.6 Å². The number of rotatable bonds is 4. The Kier molecular flexibility index (Phi) is 6.07. The minimum Gasteiger partial charge on any atom is -0.394 e. The zero-order valence-corrected chi connectivity index (χ0v) is 11.7. The third-order valence-corrected chi connectivity index (χ3v) is 3.85. The molecule has 7 N–H and O–H groups in total. The third kappa shape index (κ3) is 3.57. The highest BCUT2D eigenvalue weighted by molar-refractivity contribution is 4.91. The zero-order valence-electron chi connectivity index (χ0n) is 11.7. The van der Waals surface area contributed by atoms with E-state index in [4.69, 9.17) is 19.3 Å². The van der Waals surface area contributed by atoms with E-state index in [1.807, 2.05) is 0 Å². The van der Waals surface area contributed by atoms with Crippen molar-refractivity contribution >= 4 is 0 Å². The number of ether oxygens (including phenoxy) is 3. The van der Waals surface area contributed by atoms with Crippen LogP contribution >= 0.6 is 0 Å². The van der Waals surface area contributed by atoms with Crippen molar-refractivity contribution in [3.8, 4) is 0 Å². The molecule has 22 heavy (non-hydrogen) atoms. The Bertz CT molecular complexity index is 353. The van der Waals surface area contributed by atoms with Crippen molar-refractivity contribution in [2.24, 2.45) is 0 Å². The van der Waals surface area contributed by atoms with Gasteiger partial charge in [-0.1, -0.05) is 0 Å². The molecule has 0 amide bonds. The van der Waals surface area contributed by atoms with Gasteiger partial charge in [-0.25, -0.2) is 0 Å². The summed E-state index contributed by atoms with van der Waals surface area (Å²) in [6.07, 6.45) is -12.1. The largest absolute Gasteiger partial charge is 0.394 e. The lowest BCUT2D eigenvalue weighted by atomic mass is 9.98. The number of hydrogen-bond donors (Lipinski definition) is 7. The molecule has 0 aliphatic carbocycles. The van der Waals surface area contributed by atoms with Gasteiger partial charge in [-0.2, -0.15) is 0 Å². The zero-order chi connectivity index (χ0) is 16.4. The van der Waals surface area contributed by atoms with E-state index < -0.39 is 68.5 Å². The molecule has 2 fully saturated rings. The average molecular weight is 326 g/mol. The molecule has 130 valence electrons. The summed E-state index contributed by atoms with van der Waals surface area (Å²) >= 11 is 0. The second-order valence-corrected chi connectivity index (χ2v) is 5.43. The van der Waals surface area contributed by atoms with E-state index in [2.05, 4.69) is 0 Å². The summed E-state index contributed by atoms with van der Waals surface area (Å²) < 4.78 is 15.5. The topological polar surface area (TPSA) is 169 Å². The van der Waals surface area contributed by atoms with Gasteiger partial charge in [0.2, 0.25) is 0 Å². The fraction of sp³-hybridized carbons (Fsp3) is 1.00. The number of aliphatic hydroxyl groups excluding tert-OH is 7. The maximum absolute atomic E-state index is 9.94. The molecule has 10 heteroatoms. The minimum atomic E-state index is -1.68. The van der Waals surface area contributed by atoms with Crippen LogP contribution in [0.15, 0.2) is 0 Å². The molecule has 0 bridgehead atoms. The first-order valence-corrected chi connectivity index (χ1v) is 6.97. The molecule has 10 nitrogen and oxygen atoms in total. The molecular formula is C12H22O10. The summed E-state index contributed by atoms with van der Waals surface area (Å²) in [4.78, 5) is 0. The monoisotopic (exact) mass is 326 g/mol. The lowest BCUT2D eigenvalue weighted by molar-refractivity contribution is -0.343. The van der Waals surface area contributed by atoms with Crippen molar-refractivity contribution in [1.82, 2.24) is 0 Å². The van der Waals surface area contributed by atoms with Crippen LogP contribution in [-0.2, 0) is 14.2 Å². The fourth-order valence-electron chi connectivity index (χ4n) is 2.54. The van der Waals surface area contributed by atoms with Crippen molar-refractivity contribution < 1.29 is 50.0 Å². The fourth-order valence-corrected chi connectivity index (χ4v) is 2.54. The van der Waals surface area contributed by atoms with Gasteiger partial charge in [0, 0.05) is 6.42 Å². The molecule has 9 atom stereocenters. The third-order valence-electron chi connectivity index (χ3n) is 3.85. The van der Waals surface area contributed by atoms with Crippen molar-refractivity contribution in [2.75, 3.05) is 13.2 Å². The van der Waals surface area contributed by atoms with Crippen LogP contribution in [0.3, 0.4) is 0 Å². The molecular weight excluding hydrogens is 304 g/mol.